The maximum Gasteiger partial charge on any atom is 0.335 e. The van der Waals surface area contributed by atoms with E-state index in [0.717, 1.165) is 5.56 Å². The van der Waals surface area contributed by atoms with E-state index in [1.165, 1.54) is 12.1 Å². The number of anilines is 1. The van der Waals surface area contributed by atoms with Gasteiger partial charge in [-0.3, -0.25) is 4.79 Å². The zero-order valence-corrected chi connectivity index (χ0v) is 9.82. The molecule has 0 unspecified atom stereocenters. The monoisotopic (exact) mass is 237 g/mol. The molecule has 0 aliphatic rings. The van der Waals surface area contributed by atoms with E-state index in [1.807, 2.05) is 0 Å². The van der Waals surface area contributed by atoms with Gasteiger partial charge < -0.3 is 15.2 Å². The van der Waals surface area contributed by atoms with Gasteiger partial charge in [0.2, 0.25) is 5.91 Å². The molecule has 0 bridgehead atoms. The van der Waals surface area contributed by atoms with E-state index >= 15 is 0 Å². The molecule has 1 rings (SSSR count). The Morgan fingerprint density at radius 3 is 2.71 bits per heavy atom. The first-order valence-corrected chi connectivity index (χ1v) is 5.26. The van der Waals surface area contributed by atoms with Crippen LogP contribution in [0.25, 0.3) is 0 Å². The third kappa shape index (κ3) is 3.88. The Morgan fingerprint density at radius 1 is 1.41 bits per heavy atom. The van der Waals surface area contributed by atoms with Crippen molar-refractivity contribution in [2.75, 3.05) is 18.5 Å². The minimum Gasteiger partial charge on any atom is -0.478 e. The summed E-state index contributed by atoms with van der Waals surface area (Å²) in [5, 5.41) is 11.5. The van der Waals surface area contributed by atoms with Crippen LogP contribution in [0, 0.1) is 6.92 Å². The van der Waals surface area contributed by atoms with Crippen molar-refractivity contribution in [3.8, 4) is 0 Å². The van der Waals surface area contributed by atoms with E-state index in [1.54, 1.807) is 19.9 Å². The fourth-order valence-electron chi connectivity index (χ4n) is 1.27. The quantitative estimate of drug-likeness (QED) is 0.816. The van der Waals surface area contributed by atoms with Gasteiger partial charge in [0.25, 0.3) is 0 Å². The van der Waals surface area contributed by atoms with Crippen molar-refractivity contribution in [2.24, 2.45) is 0 Å². The van der Waals surface area contributed by atoms with Crippen LogP contribution in [-0.2, 0) is 9.53 Å². The fourth-order valence-corrected chi connectivity index (χ4v) is 1.27. The summed E-state index contributed by atoms with van der Waals surface area (Å²) in [6.45, 7) is 4.01. The third-order valence-electron chi connectivity index (χ3n) is 2.20. The van der Waals surface area contributed by atoms with E-state index in [2.05, 4.69) is 5.32 Å². The van der Waals surface area contributed by atoms with Crippen LogP contribution in [0.4, 0.5) is 5.69 Å². The van der Waals surface area contributed by atoms with Gasteiger partial charge >= 0.3 is 5.97 Å². The first-order valence-electron chi connectivity index (χ1n) is 5.26. The maximum atomic E-state index is 11.4. The molecule has 0 spiro atoms. The molecule has 2 N–H and O–H groups in total. The predicted octanol–water partition coefficient (Wildman–Crippen LogP) is 1.67. The highest BCUT2D eigenvalue weighted by Crippen LogP contribution is 2.16. The largest absolute Gasteiger partial charge is 0.478 e. The van der Waals surface area contributed by atoms with Crippen LogP contribution < -0.4 is 5.32 Å². The number of hydrogen-bond acceptors (Lipinski definition) is 3. The lowest BCUT2D eigenvalue weighted by Crippen LogP contribution is -2.19. The lowest BCUT2D eigenvalue weighted by Gasteiger charge is -2.09. The van der Waals surface area contributed by atoms with Gasteiger partial charge in [-0.15, -0.1) is 0 Å². The number of amides is 1. The molecule has 0 saturated carbocycles. The number of ether oxygens (including phenoxy) is 1. The second kappa shape index (κ2) is 6.00. The number of carbonyl (C=O) groups is 2. The van der Waals surface area contributed by atoms with Crippen molar-refractivity contribution < 1.29 is 19.4 Å². The summed E-state index contributed by atoms with van der Waals surface area (Å²) < 4.78 is 4.96. The Balaban J connectivity index is 2.79. The number of aromatic carboxylic acids is 1. The number of carboxylic acids is 1. The van der Waals surface area contributed by atoms with Crippen molar-refractivity contribution in [1.82, 2.24) is 0 Å². The highest BCUT2D eigenvalue weighted by Gasteiger charge is 2.08. The number of carbonyl (C=O) groups excluding carboxylic acids is 1. The summed E-state index contributed by atoms with van der Waals surface area (Å²) in [4.78, 5) is 22.2. The summed E-state index contributed by atoms with van der Waals surface area (Å²) in [5.41, 5.74) is 1.44. The number of hydrogen-bond donors (Lipinski definition) is 2. The van der Waals surface area contributed by atoms with Crippen LogP contribution in [0.2, 0.25) is 0 Å². The van der Waals surface area contributed by atoms with E-state index in [4.69, 9.17) is 9.84 Å². The first-order chi connectivity index (χ1) is 8.04. The molecule has 1 aromatic carbocycles. The molecule has 1 amide bonds. The standard InChI is InChI=1S/C12H15NO4/c1-3-17-7-11(14)13-10-6-9(12(15)16)5-4-8(10)2/h4-6H,3,7H2,1-2H3,(H,13,14)(H,15,16). The Hall–Kier alpha value is -1.88. The van der Waals surface area contributed by atoms with Gasteiger partial charge in [0, 0.05) is 12.3 Å². The highest BCUT2D eigenvalue weighted by atomic mass is 16.5. The second-order valence-corrected chi connectivity index (χ2v) is 3.52. The summed E-state index contributed by atoms with van der Waals surface area (Å²) in [5.74, 6) is -1.32. The molecule has 0 aliphatic heterocycles. The van der Waals surface area contributed by atoms with Crippen LogP contribution in [0.1, 0.15) is 22.8 Å². The maximum absolute atomic E-state index is 11.4. The number of aryl methyl sites for hydroxylation is 1. The van der Waals surface area contributed by atoms with Gasteiger partial charge in [0.05, 0.1) is 5.56 Å². The van der Waals surface area contributed by atoms with E-state index in [-0.39, 0.29) is 18.1 Å². The lowest BCUT2D eigenvalue weighted by atomic mass is 10.1. The Labute approximate surface area is 99.4 Å². The highest BCUT2D eigenvalue weighted by molar-refractivity contribution is 5.95. The van der Waals surface area contributed by atoms with Crippen LogP contribution in [0.3, 0.4) is 0 Å². The Bertz CT molecular complexity index is 429. The molecule has 0 heterocycles. The second-order valence-electron chi connectivity index (χ2n) is 3.52. The van der Waals surface area contributed by atoms with Crippen molar-refractivity contribution >= 4 is 17.6 Å². The van der Waals surface area contributed by atoms with E-state index in [9.17, 15) is 9.59 Å². The number of benzene rings is 1. The molecule has 92 valence electrons. The Morgan fingerprint density at radius 2 is 2.12 bits per heavy atom. The van der Waals surface area contributed by atoms with Gasteiger partial charge in [0.15, 0.2) is 0 Å². The van der Waals surface area contributed by atoms with Crippen molar-refractivity contribution in [3.63, 3.8) is 0 Å². The van der Waals surface area contributed by atoms with Crippen LogP contribution in [-0.4, -0.2) is 30.2 Å². The summed E-state index contributed by atoms with van der Waals surface area (Å²) in [7, 11) is 0. The van der Waals surface area contributed by atoms with Crippen LogP contribution in [0.5, 0.6) is 0 Å². The third-order valence-corrected chi connectivity index (χ3v) is 2.20. The van der Waals surface area contributed by atoms with Gasteiger partial charge in [0.1, 0.15) is 6.61 Å². The predicted molar refractivity (Wildman–Crippen MR) is 63.3 cm³/mol. The molecular formula is C12H15NO4. The molecule has 17 heavy (non-hydrogen) atoms. The van der Waals surface area contributed by atoms with Crippen molar-refractivity contribution in [2.45, 2.75) is 13.8 Å². The molecule has 1 aromatic rings. The normalized spacial score (nSPS) is 10.0. The molecule has 5 nitrogen and oxygen atoms in total. The molecule has 0 radical (unpaired) electrons. The van der Waals surface area contributed by atoms with Gasteiger partial charge in [-0.05, 0) is 31.5 Å². The number of rotatable bonds is 5. The Kier molecular flexibility index (Phi) is 4.66. The molecule has 0 saturated heterocycles. The first kappa shape index (κ1) is 13.2. The molecule has 5 heteroatoms. The molecular weight excluding hydrogens is 222 g/mol. The summed E-state index contributed by atoms with van der Waals surface area (Å²) in [6, 6.07) is 4.58. The van der Waals surface area contributed by atoms with Gasteiger partial charge in [-0.25, -0.2) is 4.79 Å². The van der Waals surface area contributed by atoms with Gasteiger partial charge in [-0.2, -0.15) is 0 Å². The van der Waals surface area contributed by atoms with E-state index in [0.29, 0.717) is 12.3 Å². The van der Waals surface area contributed by atoms with Crippen LogP contribution in [0.15, 0.2) is 18.2 Å². The van der Waals surface area contributed by atoms with Crippen molar-refractivity contribution in [1.29, 1.82) is 0 Å². The topological polar surface area (TPSA) is 75.6 Å². The summed E-state index contributed by atoms with van der Waals surface area (Å²) in [6.07, 6.45) is 0. The lowest BCUT2D eigenvalue weighted by molar-refractivity contribution is -0.120. The van der Waals surface area contributed by atoms with Gasteiger partial charge in [-0.1, -0.05) is 6.07 Å². The molecule has 0 aliphatic carbocycles. The minimum absolute atomic E-state index is 0.0345. The zero-order chi connectivity index (χ0) is 12.8. The fraction of sp³-hybridized carbons (Fsp3) is 0.333. The van der Waals surface area contributed by atoms with Crippen LogP contribution >= 0.6 is 0 Å². The number of nitrogens with one attached hydrogen (secondary N) is 1. The number of carboxylic acid groups (broad SMARTS) is 1. The van der Waals surface area contributed by atoms with E-state index < -0.39 is 5.97 Å². The average molecular weight is 237 g/mol. The molecule has 0 fully saturated rings. The smallest absolute Gasteiger partial charge is 0.335 e. The molecule has 0 aromatic heterocycles. The zero-order valence-electron chi connectivity index (χ0n) is 9.82. The average Bonchev–Trinajstić information content (AvgIpc) is 2.29. The minimum atomic E-state index is -1.02. The SMILES string of the molecule is CCOCC(=O)Nc1cc(C(=O)O)ccc1C. The van der Waals surface area contributed by atoms with Crippen molar-refractivity contribution in [3.05, 3.63) is 29.3 Å². The summed E-state index contributed by atoms with van der Waals surface area (Å²) >= 11 is 0. The molecule has 0 atom stereocenters.